The zero-order valence-corrected chi connectivity index (χ0v) is 18.8. The molecule has 1 fully saturated rings. The Hall–Kier alpha value is -2.95. The van der Waals surface area contributed by atoms with E-state index in [0.29, 0.717) is 21.8 Å². The summed E-state index contributed by atoms with van der Waals surface area (Å²) in [5, 5.41) is 14.0. The average Bonchev–Trinajstić information content (AvgIpc) is 3.42. The van der Waals surface area contributed by atoms with Gasteiger partial charge in [0.25, 0.3) is 11.5 Å². The molecule has 31 heavy (non-hydrogen) atoms. The fourth-order valence-electron chi connectivity index (χ4n) is 3.10. The maximum Gasteiger partial charge on any atom is 0.305 e. The van der Waals surface area contributed by atoms with Gasteiger partial charge in [-0.1, -0.05) is 47.7 Å². The van der Waals surface area contributed by atoms with Gasteiger partial charge in [0.1, 0.15) is 4.32 Å². The van der Waals surface area contributed by atoms with E-state index in [1.165, 1.54) is 20.9 Å². The molecule has 4 rings (SSSR count). The first-order valence-corrected chi connectivity index (χ1v) is 11.4. The summed E-state index contributed by atoms with van der Waals surface area (Å²) in [7, 11) is 0. The second-order valence-electron chi connectivity index (χ2n) is 6.83. The molecular weight excluding hydrogens is 454 g/mol. The highest BCUT2D eigenvalue weighted by molar-refractivity contribution is 8.26. The van der Waals surface area contributed by atoms with Gasteiger partial charge in [0, 0.05) is 6.54 Å². The molecule has 0 radical (unpaired) electrons. The van der Waals surface area contributed by atoms with E-state index in [9.17, 15) is 14.4 Å². The molecule has 0 saturated carbocycles. The van der Waals surface area contributed by atoms with Crippen LogP contribution in [0.2, 0.25) is 0 Å². The number of nitrogens with one attached hydrogen (secondary N) is 1. The third-order valence-electron chi connectivity index (χ3n) is 4.68. The molecule has 158 valence electrons. The van der Waals surface area contributed by atoms with Gasteiger partial charge in [-0.2, -0.15) is 0 Å². The molecule has 1 aliphatic heterocycles. The van der Waals surface area contributed by atoms with E-state index in [1.54, 1.807) is 6.08 Å². The molecule has 0 spiro atoms. The fraction of sp³-hybridized carbons (Fsp3) is 0.143. The highest BCUT2D eigenvalue weighted by atomic mass is 32.2. The summed E-state index contributed by atoms with van der Waals surface area (Å²) in [5.41, 5.74) is 2.43. The molecule has 1 aliphatic rings. The van der Waals surface area contributed by atoms with Crippen LogP contribution in [0.5, 0.6) is 0 Å². The van der Waals surface area contributed by atoms with Gasteiger partial charge in [-0.25, -0.2) is 4.68 Å². The number of aliphatic carboxylic acids is 1. The molecule has 3 aromatic rings. The van der Waals surface area contributed by atoms with Gasteiger partial charge in [-0.3, -0.25) is 24.4 Å². The van der Waals surface area contributed by atoms with Crippen molar-refractivity contribution in [2.24, 2.45) is 0 Å². The van der Waals surface area contributed by atoms with Gasteiger partial charge in [0.15, 0.2) is 0 Å². The lowest BCUT2D eigenvalue weighted by Gasteiger charge is -2.12. The lowest BCUT2D eigenvalue weighted by molar-refractivity contribution is -0.137. The SMILES string of the molecule is Cc1ccc(-n2[nH]c(-c3cccs3)c(/C=C3\SC(=S)N(CCC(=O)O)C3=O)c2=O)cc1. The molecule has 0 aliphatic carbocycles. The predicted octanol–water partition coefficient (Wildman–Crippen LogP) is 3.88. The van der Waals surface area contributed by atoms with Crippen LogP contribution in [-0.2, 0) is 9.59 Å². The van der Waals surface area contributed by atoms with Crippen LogP contribution >= 0.6 is 35.3 Å². The van der Waals surface area contributed by atoms with Crippen molar-refractivity contribution < 1.29 is 14.7 Å². The normalized spacial score (nSPS) is 15.3. The van der Waals surface area contributed by atoms with E-state index in [2.05, 4.69) is 5.10 Å². The molecule has 0 atom stereocenters. The molecular formula is C21H17N3O4S3. The number of carboxylic acids is 1. The Balaban J connectivity index is 1.78. The van der Waals surface area contributed by atoms with Crippen molar-refractivity contribution >= 4 is 57.6 Å². The molecule has 7 nitrogen and oxygen atoms in total. The number of aromatic amines is 1. The van der Waals surface area contributed by atoms with Crippen LogP contribution in [0.15, 0.2) is 51.5 Å². The lowest BCUT2D eigenvalue weighted by Crippen LogP contribution is -2.30. The van der Waals surface area contributed by atoms with E-state index >= 15 is 0 Å². The number of hydrogen-bond donors (Lipinski definition) is 2. The van der Waals surface area contributed by atoms with Crippen molar-refractivity contribution in [2.75, 3.05) is 6.54 Å². The minimum Gasteiger partial charge on any atom is -0.481 e. The Labute approximate surface area is 191 Å². The number of aryl methyl sites for hydroxylation is 1. The molecule has 0 unspecified atom stereocenters. The maximum absolute atomic E-state index is 13.3. The summed E-state index contributed by atoms with van der Waals surface area (Å²) in [6.07, 6.45) is 1.34. The largest absolute Gasteiger partial charge is 0.481 e. The van der Waals surface area contributed by atoms with Gasteiger partial charge in [0.05, 0.1) is 33.1 Å². The predicted molar refractivity (Wildman–Crippen MR) is 127 cm³/mol. The van der Waals surface area contributed by atoms with Crippen LogP contribution < -0.4 is 5.56 Å². The number of hydrogen-bond acceptors (Lipinski definition) is 6. The molecule has 2 N–H and O–H groups in total. The van der Waals surface area contributed by atoms with Crippen LogP contribution in [0.3, 0.4) is 0 Å². The zero-order valence-electron chi connectivity index (χ0n) is 16.3. The van der Waals surface area contributed by atoms with E-state index in [-0.39, 0.29) is 22.8 Å². The quantitative estimate of drug-likeness (QED) is 0.419. The first-order chi connectivity index (χ1) is 14.8. The van der Waals surface area contributed by atoms with Crippen molar-refractivity contribution in [1.29, 1.82) is 0 Å². The summed E-state index contributed by atoms with van der Waals surface area (Å²) in [6, 6.07) is 11.3. The number of thiocarbonyl (C=S) groups is 1. The number of aromatic nitrogens is 2. The third kappa shape index (κ3) is 4.27. The number of amides is 1. The van der Waals surface area contributed by atoms with Crippen molar-refractivity contribution in [3.63, 3.8) is 0 Å². The monoisotopic (exact) mass is 471 g/mol. The minimum absolute atomic E-state index is 0.00411. The lowest BCUT2D eigenvalue weighted by atomic mass is 10.2. The Bertz CT molecular complexity index is 1250. The third-order valence-corrected chi connectivity index (χ3v) is 6.95. The highest BCUT2D eigenvalue weighted by Crippen LogP contribution is 2.34. The summed E-state index contributed by atoms with van der Waals surface area (Å²) >= 11 is 7.79. The topological polar surface area (TPSA) is 95.4 Å². The van der Waals surface area contributed by atoms with Gasteiger partial charge in [-0.05, 0) is 36.6 Å². The van der Waals surface area contributed by atoms with Crippen molar-refractivity contribution in [3.05, 3.63) is 68.2 Å². The minimum atomic E-state index is -1.01. The number of thiophene rings is 1. The van der Waals surface area contributed by atoms with Crippen LogP contribution in [0.1, 0.15) is 17.5 Å². The second-order valence-corrected chi connectivity index (χ2v) is 9.45. The van der Waals surface area contributed by atoms with Gasteiger partial charge >= 0.3 is 5.97 Å². The molecule has 1 saturated heterocycles. The molecule has 1 aromatic carbocycles. The summed E-state index contributed by atoms with van der Waals surface area (Å²) < 4.78 is 1.73. The number of nitrogens with zero attached hydrogens (tertiary/aromatic N) is 2. The standard InChI is InChI=1S/C21H17N3O4S3/c1-12-4-6-13(7-5-12)24-19(27)14(18(22-24)15-3-2-10-30-15)11-16-20(28)23(21(29)31-16)9-8-17(25)26/h2-7,10-11,22H,8-9H2,1H3,(H,25,26)/b16-11-. The first-order valence-electron chi connectivity index (χ1n) is 9.28. The summed E-state index contributed by atoms with van der Waals surface area (Å²) in [4.78, 5) is 39.4. The molecule has 2 aromatic heterocycles. The molecule has 10 heteroatoms. The number of carbonyl (C=O) groups excluding carboxylic acids is 1. The number of benzene rings is 1. The van der Waals surface area contributed by atoms with E-state index in [1.807, 2.05) is 48.7 Å². The van der Waals surface area contributed by atoms with Crippen LogP contribution in [0, 0.1) is 6.92 Å². The van der Waals surface area contributed by atoms with Crippen molar-refractivity contribution in [1.82, 2.24) is 14.7 Å². The first kappa shape index (κ1) is 21.3. The zero-order chi connectivity index (χ0) is 22.1. The number of rotatable bonds is 6. The number of carboxylic acid groups (broad SMARTS) is 1. The number of thioether (sulfide) groups is 1. The van der Waals surface area contributed by atoms with Gasteiger partial charge in [0.2, 0.25) is 0 Å². The van der Waals surface area contributed by atoms with Gasteiger partial charge < -0.3 is 5.11 Å². The van der Waals surface area contributed by atoms with Crippen molar-refractivity contribution in [3.8, 4) is 16.3 Å². The fourth-order valence-corrected chi connectivity index (χ4v) is 5.12. The Morgan fingerprint density at radius 3 is 2.61 bits per heavy atom. The van der Waals surface area contributed by atoms with E-state index < -0.39 is 11.9 Å². The van der Waals surface area contributed by atoms with Gasteiger partial charge in [-0.15, -0.1) is 11.3 Å². The number of carbonyl (C=O) groups is 2. The Morgan fingerprint density at radius 1 is 1.23 bits per heavy atom. The summed E-state index contributed by atoms with van der Waals surface area (Å²) in [5.74, 6) is -1.40. The van der Waals surface area contributed by atoms with Crippen LogP contribution in [0.25, 0.3) is 22.3 Å². The summed E-state index contributed by atoms with van der Waals surface area (Å²) in [6.45, 7) is 1.96. The molecule has 3 heterocycles. The highest BCUT2D eigenvalue weighted by Gasteiger charge is 2.33. The van der Waals surface area contributed by atoms with E-state index in [0.717, 1.165) is 22.2 Å². The van der Waals surface area contributed by atoms with Crippen LogP contribution in [0.4, 0.5) is 0 Å². The maximum atomic E-state index is 13.3. The molecule has 1 amide bonds. The number of H-pyrrole nitrogens is 1. The van der Waals surface area contributed by atoms with E-state index in [4.69, 9.17) is 17.3 Å². The second kappa shape index (κ2) is 8.66. The average molecular weight is 472 g/mol. The Morgan fingerprint density at radius 2 is 1.97 bits per heavy atom. The molecule has 0 bridgehead atoms. The van der Waals surface area contributed by atoms with Crippen molar-refractivity contribution in [2.45, 2.75) is 13.3 Å². The Kier molecular flexibility index (Phi) is 5.94. The smallest absolute Gasteiger partial charge is 0.305 e. The van der Waals surface area contributed by atoms with Crippen LogP contribution in [-0.4, -0.2) is 42.5 Å².